The largest absolute Gasteiger partial charge is 0.497 e. The Hall–Kier alpha value is -2.29. The second kappa shape index (κ2) is 5.57. The Morgan fingerprint density at radius 3 is 2.58 bits per heavy atom. The highest BCUT2D eigenvalue weighted by Crippen LogP contribution is 2.20. The van der Waals surface area contributed by atoms with Crippen molar-refractivity contribution >= 4 is 11.6 Å². The second-order valence-electron chi connectivity index (χ2n) is 4.43. The first-order valence-corrected chi connectivity index (χ1v) is 6.13. The average Bonchev–Trinajstić information content (AvgIpc) is 2.44. The summed E-state index contributed by atoms with van der Waals surface area (Å²) in [6, 6.07) is 13.0. The van der Waals surface area contributed by atoms with Crippen molar-refractivity contribution in [2.75, 3.05) is 12.4 Å². The summed E-state index contributed by atoms with van der Waals surface area (Å²) in [5, 5.41) is 2.92. The molecular weight excluding hydrogens is 238 g/mol. The van der Waals surface area contributed by atoms with Crippen LogP contribution in [0.4, 0.5) is 5.69 Å². The van der Waals surface area contributed by atoms with Gasteiger partial charge in [-0.25, -0.2) is 0 Å². The predicted molar refractivity (Wildman–Crippen MR) is 76.9 cm³/mol. The zero-order valence-corrected chi connectivity index (χ0v) is 11.4. The lowest BCUT2D eigenvalue weighted by Crippen LogP contribution is -2.13. The summed E-state index contributed by atoms with van der Waals surface area (Å²) in [6.07, 6.45) is 0. The molecule has 0 saturated heterocycles. The van der Waals surface area contributed by atoms with Crippen LogP contribution in [0, 0.1) is 13.8 Å². The number of aryl methyl sites for hydroxylation is 1. The number of benzene rings is 2. The Balaban J connectivity index is 2.23. The molecule has 0 atom stereocenters. The maximum absolute atomic E-state index is 12.2. The summed E-state index contributed by atoms with van der Waals surface area (Å²) in [5.74, 6) is 0.543. The molecule has 2 aromatic carbocycles. The Morgan fingerprint density at radius 1 is 1.11 bits per heavy atom. The molecule has 3 heteroatoms. The molecule has 0 aromatic heterocycles. The van der Waals surface area contributed by atoms with Gasteiger partial charge in [0, 0.05) is 11.3 Å². The van der Waals surface area contributed by atoms with Crippen LogP contribution >= 0.6 is 0 Å². The number of methoxy groups -OCH3 is 1. The van der Waals surface area contributed by atoms with Crippen LogP contribution in [0.15, 0.2) is 42.5 Å². The van der Waals surface area contributed by atoms with E-state index in [-0.39, 0.29) is 5.91 Å². The van der Waals surface area contributed by atoms with E-state index in [0.717, 1.165) is 16.8 Å². The number of carbonyl (C=O) groups excluding carboxylic acids is 1. The number of nitrogens with one attached hydrogen (secondary N) is 1. The van der Waals surface area contributed by atoms with Gasteiger partial charge in [0.05, 0.1) is 7.11 Å². The molecule has 0 spiro atoms. The van der Waals surface area contributed by atoms with Gasteiger partial charge in [0.15, 0.2) is 0 Å². The van der Waals surface area contributed by atoms with Crippen LogP contribution < -0.4 is 10.1 Å². The number of ether oxygens (including phenoxy) is 1. The van der Waals surface area contributed by atoms with Crippen molar-refractivity contribution in [2.24, 2.45) is 0 Å². The molecule has 1 N–H and O–H groups in total. The Labute approximate surface area is 113 Å². The molecule has 98 valence electrons. The fraction of sp³-hybridized carbons (Fsp3) is 0.188. The van der Waals surface area contributed by atoms with Crippen LogP contribution in [-0.2, 0) is 0 Å². The third-order valence-corrected chi connectivity index (χ3v) is 3.18. The van der Waals surface area contributed by atoms with E-state index in [4.69, 9.17) is 4.74 Å². The van der Waals surface area contributed by atoms with Gasteiger partial charge >= 0.3 is 0 Å². The van der Waals surface area contributed by atoms with Gasteiger partial charge in [-0.05, 0) is 49.2 Å². The Bertz CT molecular complexity index is 605. The highest BCUT2D eigenvalue weighted by Gasteiger charge is 2.09. The van der Waals surface area contributed by atoms with Crippen LogP contribution in [0.5, 0.6) is 5.75 Å². The van der Waals surface area contributed by atoms with Gasteiger partial charge < -0.3 is 10.1 Å². The topological polar surface area (TPSA) is 38.3 Å². The quantitative estimate of drug-likeness (QED) is 0.910. The zero-order chi connectivity index (χ0) is 13.8. The predicted octanol–water partition coefficient (Wildman–Crippen LogP) is 3.56. The standard InChI is InChI=1S/C16H17NO2/c1-11-6-4-9-15(12(11)2)17-16(18)13-7-5-8-14(10-13)19-3/h4-10H,1-3H3,(H,17,18). The van der Waals surface area contributed by atoms with Gasteiger partial charge in [-0.2, -0.15) is 0 Å². The zero-order valence-electron chi connectivity index (χ0n) is 11.4. The molecule has 1 amide bonds. The average molecular weight is 255 g/mol. The van der Waals surface area contributed by atoms with Crippen molar-refractivity contribution in [3.05, 3.63) is 59.2 Å². The van der Waals surface area contributed by atoms with Crippen LogP contribution in [0.25, 0.3) is 0 Å². The highest BCUT2D eigenvalue weighted by molar-refractivity contribution is 6.04. The summed E-state index contributed by atoms with van der Waals surface area (Å²) in [5.41, 5.74) is 3.66. The van der Waals surface area contributed by atoms with E-state index in [1.165, 1.54) is 0 Å². The van der Waals surface area contributed by atoms with Gasteiger partial charge in [-0.3, -0.25) is 4.79 Å². The lowest BCUT2D eigenvalue weighted by molar-refractivity contribution is 0.102. The van der Waals surface area contributed by atoms with Crippen molar-refractivity contribution in [1.29, 1.82) is 0 Å². The second-order valence-corrected chi connectivity index (χ2v) is 4.43. The van der Waals surface area contributed by atoms with E-state index in [1.807, 2.05) is 38.1 Å². The summed E-state index contributed by atoms with van der Waals surface area (Å²) >= 11 is 0. The van der Waals surface area contributed by atoms with Crippen LogP contribution in [-0.4, -0.2) is 13.0 Å². The SMILES string of the molecule is COc1cccc(C(=O)Nc2cccc(C)c2C)c1. The van der Waals surface area contributed by atoms with Crippen LogP contribution in [0.1, 0.15) is 21.5 Å². The smallest absolute Gasteiger partial charge is 0.255 e. The van der Waals surface area contributed by atoms with E-state index in [0.29, 0.717) is 11.3 Å². The fourth-order valence-electron chi connectivity index (χ4n) is 1.85. The van der Waals surface area contributed by atoms with Crippen molar-refractivity contribution < 1.29 is 9.53 Å². The van der Waals surface area contributed by atoms with Gasteiger partial charge in [-0.1, -0.05) is 18.2 Å². The summed E-state index contributed by atoms with van der Waals surface area (Å²) in [4.78, 5) is 12.2. The molecule has 0 fully saturated rings. The van der Waals surface area contributed by atoms with Crippen molar-refractivity contribution in [1.82, 2.24) is 0 Å². The monoisotopic (exact) mass is 255 g/mol. The number of anilines is 1. The van der Waals surface area contributed by atoms with E-state index in [1.54, 1.807) is 25.3 Å². The van der Waals surface area contributed by atoms with Crippen molar-refractivity contribution in [2.45, 2.75) is 13.8 Å². The minimum atomic E-state index is -0.132. The van der Waals surface area contributed by atoms with E-state index in [2.05, 4.69) is 5.32 Å². The Morgan fingerprint density at radius 2 is 1.84 bits per heavy atom. The van der Waals surface area contributed by atoms with Crippen molar-refractivity contribution in [3.63, 3.8) is 0 Å². The third-order valence-electron chi connectivity index (χ3n) is 3.18. The first kappa shape index (κ1) is 13.1. The fourth-order valence-corrected chi connectivity index (χ4v) is 1.85. The molecule has 0 bridgehead atoms. The van der Waals surface area contributed by atoms with Gasteiger partial charge in [0.25, 0.3) is 5.91 Å². The van der Waals surface area contributed by atoms with E-state index in [9.17, 15) is 4.79 Å². The molecule has 0 radical (unpaired) electrons. The number of amides is 1. The minimum Gasteiger partial charge on any atom is -0.497 e. The summed E-state index contributed by atoms with van der Waals surface area (Å²) in [6.45, 7) is 4.02. The maximum Gasteiger partial charge on any atom is 0.255 e. The van der Waals surface area contributed by atoms with Gasteiger partial charge in [0.2, 0.25) is 0 Å². The number of hydrogen-bond acceptors (Lipinski definition) is 2. The third kappa shape index (κ3) is 2.94. The molecule has 0 aliphatic heterocycles. The maximum atomic E-state index is 12.2. The molecule has 0 unspecified atom stereocenters. The highest BCUT2D eigenvalue weighted by atomic mass is 16.5. The molecule has 19 heavy (non-hydrogen) atoms. The molecule has 0 heterocycles. The number of rotatable bonds is 3. The minimum absolute atomic E-state index is 0.132. The summed E-state index contributed by atoms with van der Waals surface area (Å²) in [7, 11) is 1.59. The first-order chi connectivity index (χ1) is 9.11. The Kier molecular flexibility index (Phi) is 3.85. The van der Waals surface area contributed by atoms with Gasteiger partial charge in [-0.15, -0.1) is 0 Å². The first-order valence-electron chi connectivity index (χ1n) is 6.13. The molecule has 2 aromatic rings. The lowest BCUT2D eigenvalue weighted by atomic mass is 10.1. The molecule has 2 rings (SSSR count). The number of carbonyl (C=O) groups is 1. The molecule has 0 aliphatic carbocycles. The van der Waals surface area contributed by atoms with E-state index >= 15 is 0 Å². The molecule has 0 aliphatic rings. The van der Waals surface area contributed by atoms with Gasteiger partial charge in [0.1, 0.15) is 5.75 Å². The van der Waals surface area contributed by atoms with Crippen molar-refractivity contribution in [3.8, 4) is 5.75 Å². The molecule has 3 nitrogen and oxygen atoms in total. The lowest BCUT2D eigenvalue weighted by Gasteiger charge is -2.10. The van der Waals surface area contributed by atoms with E-state index < -0.39 is 0 Å². The molecule has 0 saturated carbocycles. The van der Waals surface area contributed by atoms with Crippen LogP contribution in [0.2, 0.25) is 0 Å². The molecular formula is C16H17NO2. The number of hydrogen-bond donors (Lipinski definition) is 1. The van der Waals surface area contributed by atoms with Crippen LogP contribution in [0.3, 0.4) is 0 Å². The normalized spacial score (nSPS) is 10.1. The summed E-state index contributed by atoms with van der Waals surface area (Å²) < 4.78 is 5.12.